The molecule has 0 saturated carbocycles. The first kappa shape index (κ1) is 10.2. The normalized spacial score (nSPS) is 9.94. The number of rotatable bonds is 3. The van der Waals surface area contributed by atoms with Crippen molar-refractivity contribution in [1.29, 1.82) is 5.26 Å². The number of aromatic nitrogens is 1. The van der Waals surface area contributed by atoms with Crippen molar-refractivity contribution < 1.29 is 9.32 Å². The van der Waals surface area contributed by atoms with Crippen LogP contribution in [0.25, 0.3) is 11.0 Å². The van der Waals surface area contributed by atoms with Crippen molar-refractivity contribution in [2.45, 2.75) is 6.42 Å². The Morgan fingerprint density at radius 1 is 1.50 bits per heavy atom. The second kappa shape index (κ2) is 4.45. The van der Waals surface area contributed by atoms with Crippen molar-refractivity contribution in [1.82, 2.24) is 10.5 Å². The molecule has 0 aliphatic carbocycles. The van der Waals surface area contributed by atoms with E-state index in [9.17, 15) is 4.79 Å². The van der Waals surface area contributed by atoms with Crippen LogP contribution in [-0.2, 0) is 11.2 Å². The minimum absolute atomic E-state index is 0.00855. The Morgan fingerprint density at radius 2 is 2.31 bits per heavy atom. The average molecular weight is 215 g/mol. The highest BCUT2D eigenvalue weighted by Crippen LogP contribution is 2.17. The summed E-state index contributed by atoms with van der Waals surface area (Å²) in [4.78, 5) is 11.4. The van der Waals surface area contributed by atoms with E-state index in [1.165, 1.54) is 0 Å². The van der Waals surface area contributed by atoms with Crippen LogP contribution in [-0.4, -0.2) is 17.6 Å². The number of para-hydroxylation sites is 1. The fourth-order valence-corrected chi connectivity index (χ4v) is 1.42. The molecule has 0 saturated heterocycles. The van der Waals surface area contributed by atoms with Crippen LogP contribution in [0.5, 0.6) is 0 Å². The monoisotopic (exact) mass is 215 g/mol. The number of fused-ring (bicyclic) bond motifs is 1. The molecule has 0 fully saturated rings. The summed E-state index contributed by atoms with van der Waals surface area (Å²) in [5, 5.41) is 15.4. The van der Waals surface area contributed by atoms with Crippen LogP contribution in [0, 0.1) is 11.3 Å². The van der Waals surface area contributed by atoms with Gasteiger partial charge in [0.25, 0.3) is 0 Å². The summed E-state index contributed by atoms with van der Waals surface area (Å²) in [5.41, 5.74) is 1.25. The Kier molecular flexibility index (Phi) is 2.83. The number of hydrogen-bond donors (Lipinski definition) is 1. The average Bonchev–Trinajstić information content (AvgIpc) is 2.70. The lowest BCUT2D eigenvalue weighted by atomic mass is 10.2. The van der Waals surface area contributed by atoms with Gasteiger partial charge in [-0.1, -0.05) is 17.3 Å². The molecule has 1 N–H and O–H groups in total. The van der Waals surface area contributed by atoms with E-state index in [2.05, 4.69) is 10.5 Å². The molecule has 1 aromatic carbocycles. The number of nitriles is 1. The summed E-state index contributed by atoms with van der Waals surface area (Å²) in [6.07, 6.45) is 0.124. The van der Waals surface area contributed by atoms with Crippen LogP contribution in [0.2, 0.25) is 0 Å². The fraction of sp³-hybridized carbons (Fsp3) is 0.182. The quantitative estimate of drug-likeness (QED) is 0.775. The zero-order chi connectivity index (χ0) is 11.4. The lowest BCUT2D eigenvalue weighted by Crippen LogP contribution is -2.25. The topological polar surface area (TPSA) is 78.9 Å². The van der Waals surface area contributed by atoms with Crippen LogP contribution in [0.1, 0.15) is 5.69 Å². The van der Waals surface area contributed by atoms with Crippen molar-refractivity contribution in [2.75, 3.05) is 6.54 Å². The third kappa shape index (κ3) is 2.01. The van der Waals surface area contributed by atoms with Gasteiger partial charge in [0.05, 0.1) is 12.5 Å². The molecule has 80 valence electrons. The molecular formula is C11H9N3O2. The summed E-state index contributed by atoms with van der Waals surface area (Å²) in [7, 11) is 0. The van der Waals surface area contributed by atoms with E-state index in [0.29, 0.717) is 11.3 Å². The highest BCUT2D eigenvalue weighted by molar-refractivity contribution is 5.86. The van der Waals surface area contributed by atoms with Gasteiger partial charge in [0.2, 0.25) is 5.91 Å². The maximum absolute atomic E-state index is 11.4. The number of amides is 1. The third-order valence-corrected chi connectivity index (χ3v) is 2.14. The molecule has 0 bridgehead atoms. The fourth-order valence-electron chi connectivity index (χ4n) is 1.42. The number of carbonyl (C=O) groups excluding carboxylic acids is 1. The number of hydrogen-bond acceptors (Lipinski definition) is 4. The van der Waals surface area contributed by atoms with Crippen molar-refractivity contribution >= 4 is 16.9 Å². The molecule has 5 heteroatoms. The second-order valence-corrected chi connectivity index (χ2v) is 3.24. The zero-order valence-corrected chi connectivity index (χ0v) is 8.43. The lowest BCUT2D eigenvalue weighted by molar-refractivity contribution is -0.120. The Labute approximate surface area is 91.6 Å². The highest BCUT2D eigenvalue weighted by Gasteiger charge is 2.11. The van der Waals surface area contributed by atoms with Gasteiger partial charge in [0.1, 0.15) is 12.2 Å². The maximum Gasteiger partial charge on any atom is 0.226 e. The largest absolute Gasteiger partial charge is 0.356 e. The molecule has 2 aromatic rings. The first-order valence-corrected chi connectivity index (χ1v) is 4.78. The van der Waals surface area contributed by atoms with E-state index >= 15 is 0 Å². The van der Waals surface area contributed by atoms with Crippen LogP contribution in [0.15, 0.2) is 28.8 Å². The molecule has 0 aliphatic rings. The molecule has 5 nitrogen and oxygen atoms in total. The van der Waals surface area contributed by atoms with E-state index in [1.54, 1.807) is 6.07 Å². The predicted octanol–water partition coefficient (Wildman–Crippen LogP) is 1.01. The molecule has 0 atom stereocenters. The molecule has 2 rings (SSSR count). The number of nitrogens with one attached hydrogen (secondary N) is 1. The minimum Gasteiger partial charge on any atom is -0.356 e. The van der Waals surface area contributed by atoms with Gasteiger partial charge in [-0.25, -0.2) is 0 Å². The molecule has 1 heterocycles. The molecule has 0 unspecified atom stereocenters. The van der Waals surface area contributed by atoms with Gasteiger partial charge in [0, 0.05) is 5.39 Å². The third-order valence-electron chi connectivity index (χ3n) is 2.14. The van der Waals surface area contributed by atoms with E-state index in [1.807, 2.05) is 24.3 Å². The Balaban J connectivity index is 2.16. The minimum atomic E-state index is -0.236. The molecule has 0 radical (unpaired) electrons. The standard InChI is InChI=1S/C11H9N3O2/c12-5-6-13-11(15)7-9-8-3-1-2-4-10(8)16-14-9/h1-4H,6-7H2,(H,13,15). The molecule has 16 heavy (non-hydrogen) atoms. The summed E-state index contributed by atoms with van der Waals surface area (Å²) in [6.45, 7) is 0.00855. The van der Waals surface area contributed by atoms with Crippen LogP contribution in [0.3, 0.4) is 0 Å². The van der Waals surface area contributed by atoms with E-state index in [4.69, 9.17) is 9.78 Å². The maximum atomic E-state index is 11.4. The van der Waals surface area contributed by atoms with E-state index in [-0.39, 0.29) is 18.9 Å². The summed E-state index contributed by atoms with van der Waals surface area (Å²) < 4.78 is 5.06. The van der Waals surface area contributed by atoms with Gasteiger partial charge in [-0.2, -0.15) is 5.26 Å². The van der Waals surface area contributed by atoms with Gasteiger partial charge < -0.3 is 9.84 Å². The van der Waals surface area contributed by atoms with Gasteiger partial charge in [-0.3, -0.25) is 4.79 Å². The lowest BCUT2D eigenvalue weighted by Gasteiger charge is -1.97. The Hall–Kier alpha value is -2.35. The molecule has 0 spiro atoms. The molecule has 1 aromatic heterocycles. The van der Waals surface area contributed by atoms with Crippen LogP contribution >= 0.6 is 0 Å². The van der Waals surface area contributed by atoms with E-state index in [0.717, 1.165) is 5.39 Å². The number of nitrogens with zero attached hydrogens (tertiary/aromatic N) is 2. The Morgan fingerprint density at radius 3 is 3.12 bits per heavy atom. The molecule has 1 amide bonds. The molecule has 0 aliphatic heterocycles. The van der Waals surface area contributed by atoms with Crippen molar-refractivity contribution in [2.24, 2.45) is 0 Å². The van der Waals surface area contributed by atoms with Crippen molar-refractivity contribution in [3.63, 3.8) is 0 Å². The number of carbonyl (C=O) groups is 1. The second-order valence-electron chi connectivity index (χ2n) is 3.24. The van der Waals surface area contributed by atoms with Gasteiger partial charge in [-0.05, 0) is 12.1 Å². The molecular weight excluding hydrogens is 206 g/mol. The first-order chi connectivity index (χ1) is 7.81. The van der Waals surface area contributed by atoms with Gasteiger partial charge in [-0.15, -0.1) is 0 Å². The van der Waals surface area contributed by atoms with Crippen LogP contribution in [0.4, 0.5) is 0 Å². The van der Waals surface area contributed by atoms with Gasteiger partial charge in [0.15, 0.2) is 5.58 Å². The van der Waals surface area contributed by atoms with Gasteiger partial charge >= 0.3 is 0 Å². The number of benzene rings is 1. The zero-order valence-electron chi connectivity index (χ0n) is 8.43. The summed E-state index contributed by atoms with van der Waals surface area (Å²) >= 11 is 0. The summed E-state index contributed by atoms with van der Waals surface area (Å²) in [5.74, 6) is -0.236. The predicted molar refractivity (Wildman–Crippen MR) is 56.3 cm³/mol. The van der Waals surface area contributed by atoms with Crippen LogP contribution < -0.4 is 5.32 Å². The van der Waals surface area contributed by atoms with Crippen molar-refractivity contribution in [3.8, 4) is 6.07 Å². The summed E-state index contributed by atoms with van der Waals surface area (Å²) in [6, 6.07) is 9.17. The first-order valence-electron chi connectivity index (χ1n) is 4.78. The highest BCUT2D eigenvalue weighted by atomic mass is 16.5. The van der Waals surface area contributed by atoms with E-state index < -0.39 is 0 Å². The van der Waals surface area contributed by atoms with Crippen molar-refractivity contribution in [3.05, 3.63) is 30.0 Å². The Bertz CT molecular complexity index is 554. The SMILES string of the molecule is N#CCNC(=O)Cc1noc2ccccc12. The smallest absolute Gasteiger partial charge is 0.226 e.